The van der Waals surface area contributed by atoms with Crippen LogP contribution in [0.3, 0.4) is 0 Å². The third kappa shape index (κ3) is 4.26. The molecule has 0 saturated heterocycles. The van der Waals surface area contributed by atoms with Gasteiger partial charge in [0.25, 0.3) is 0 Å². The molecule has 0 radical (unpaired) electrons. The highest BCUT2D eigenvalue weighted by atomic mass is 19.1. The van der Waals surface area contributed by atoms with Crippen molar-refractivity contribution in [2.75, 3.05) is 11.9 Å². The molecule has 0 aliphatic heterocycles. The molecule has 4 heteroatoms. The van der Waals surface area contributed by atoms with Crippen molar-refractivity contribution in [1.29, 1.82) is 0 Å². The Morgan fingerprint density at radius 3 is 2.71 bits per heavy atom. The van der Waals surface area contributed by atoms with Crippen molar-refractivity contribution in [3.05, 3.63) is 59.7 Å². The smallest absolute Gasteiger partial charge is 0.146 e. The maximum Gasteiger partial charge on any atom is 0.146 e. The number of nitrogens with zero attached hydrogens (tertiary/aromatic N) is 2. The predicted molar refractivity (Wildman–Crippen MR) is 84.7 cm³/mol. The van der Waals surface area contributed by atoms with Crippen molar-refractivity contribution in [2.24, 2.45) is 0 Å². The molecule has 2 aromatic rings. The monoisotopic (exact) mass is 287 g/mol. The Balaban J connectivity index is 2.20. The first-order chi connectivity index (χ1) is 10.1. The molecule has 0 unspecified atom stereocenters. The minimum atomic E-state index is -0.190. The minimum absolute atomic E-state index is 0.190. The van der Waals surface area contributed by atoms with E-state index < -0.39 is 0 Å². The van der Waals surface area contributed by atoms with E-state index in [1.54, 1.807) is 12.3 Å². The molecule has 1 aromatic heterocycles. The van der Waals surface area contributed by atoms with Gasteiger partial charge in [-0.15, -0.1) is 0 Å². The normalized spacial score (nSPS) is 10.9. The molecule has 2 rings (SSSR count). The van der Waals surface area contributed by atoms with E-state index in [2.05, 4.69) is 24.1 Å². The van der Waals surface area contributed by atoms with Gasteiger partial charge in [0, 0.05) is 38.6 Å². The molecule has 0 amide bonds. The van der Waals surface area contributed by atoms with Gasteiger partial charge in [0.15, 0.2) is 0 Å². The highest BCUT2D eigenvalue weighted by molar-refractivity contribution is 5.54. The highest BCUT2D eigenvalue weighted by Crippen LogP contribution is 2.25. The first kappa shape index (κ1) is 15.4. The van der Waals surface area contributed by atoms with E-state index in [-0.39, 0.29) is 5.82 Å². The number of benzene rings is 1. The van der Waals surface area contributed by atoms with Gasteiger partial charge in [-0.3, -0.25) is 4.98 Å². The Morgan fingerprint density at radius 1 is 1.24 bits per heavy atom. The van der Waals surface area contributed by atoms with Crippen molar-refractivity contribution in [1.82, 2.24) is 10.3 Å². The lowest BCUT2D eigenvalue weighted by atomic mass is 10.1. The van der Waals surface area contributed by atoms with E-state index in [0.29, 0.717) is 24.8 Å². The summed E-state index contributed by atoms with van der Waals surface area (Å²) < 4.78 is 14.2. The van der Waals surface area contributed by atoms with Crippen LogP contribution in [0.5, 0.6) is 0 Å². The first-order valence-electron chi connectivity index (χ1n) is 7.18. The van der Waals surface area contributed by atoms with Crippen LogP contribution in [0.15, 0.2) is 42.7 Å². The van der Waals surface area contributed by atoms with Crippen molar-refractivity contribution in [2.45, 2.75) is 33.0 Å². The maximum atomic E-state index is 14.2. The second-order valence-corrected chi connectivity index (χ2v) is 5.50. The van der Waals surface area contributed by atoms with Crippen LogP contribution >= 0.6 is 0 Å². The van der Waals surface area contributed by atoms with Crippen molar-refractivity contribution < 1.29 is 4.39 Å². The van der Waals surface area contributed by atoms with Crippen LogP contribution in [0.2, 0.25) is 0 Å². The average Bonchev–Trinajstić information content (AvgIpc) is 2.46. The lowest BCUT2D eigenvalue weighted by molar-refractivity contribution is 0.579. The van der Waals surface area contributed by atoms with E-state index in [1.165, 1.54) is 6.07 Å². The van der Waals surface area contributed by atoms with Gasteiger partial charge in [0.2, 0.25) is 0 Å². The summed E-state index contributed by atoms with van der Waals surface area (Å²) in [4.78, 5) is 6.04. The van der Waals surface area contributed by atoms with Crippen molar-refractivity contribution >= 4 is 5.69 Å². The van der Waals surface area contributed by atoms with Gasteiger partial charge in [0.1, 0.15) is 5.82 Å². The van der Waals surface area contributed by atoms with Gasteiger partial charge in [-0.2, -0.15) is 0 Å². The lowest BCUT2D eigenvalue weighted by Gasteiger charge is -2.23. The molecule has 1 heterocycles. The topological polar surface area (TPSA) is 28.2 Å². The Morgan fingerprint density at radius 2 is 2.05 bits per heavy atom. The summed E-state index contributed by atoms with van der Waals surface area (Å²) in [6.45, 7) is 5.45. The summed E-state index contributed by atoms with van der Waals surface area (Å²) in [7, 11) is 1.91. The molecule has 1 aromatic carbocycles. The van der Waals surface area contributed by atoms with Gasteiger partial charge < -0.3 is 10.2 Å². The fraction of sp³-hybridized carbons (Fsp3) is 0.353. The molecule has 1 N–H and O–H groups in total. The number of hydrogen-bond acceptors (Lipinski definition) is 3. The molecular formula is C17H22FN3. The lowest BCUT2D eigenvalue weighted by Crippen LogP contribution is -2.25. The summed E-state index contributed by atoms with van der Waals surface area (Å²) >= 11 is 0. The Hall–Kier alpha value is -1.94. The Labute approximate surface area is 125 Å². The fourth-order valence-corrected chi connectivity index (χ4v) is 2.29. The maximum absolute atomic E-state index is 14.2. The molecule has 3 nitrogen and oxygen atoms in total. The number of halogens is 1. The fourth-order valence-electron chi connectivity index (χ4n) is 2.29. The van der Waals surface area contributed by atoms with Crippen LogP contribution in [0.25, 0.3) is 0 Å². The molecule has 0 aliphatic carbocycles. The van der Waals surface area contributed by atoms with Gasteiger partial charge in [0.05, 0.1) is 5.69 Å². The standard InChI is InChI=1S/C17H22FN3/c1-13(2)20-11-15-7-4-8-16(18)17(15)21(3)12-14-6-5-9-19-10-14/h4-10,13,20H,11-12H2,1-3H3. The largest absolute Gasteiger partial charge is 0.368 e. The van der Waals surface area contributed by atoms with Crippen LogP contribution in [0.4, 0.5) is 10.1 Å². The third-order valence-electron chi connectivity index (χ3n) is 3.30. The zero-order valence-electron chi connectivity index (χ0n) is 12.8. The highest BCUT2D eigenvalue weighted by Gasteiger charge is 2.13. The van der Waals surface area contributed by atoms with Crippen LogP contribution in [0.1, 0.15) is 25.0 Å². The number of para-hydroxylation sites is 1. The van der Waals surface area contributed by atoms with E-state index in [1.807, 2.05) is 36.3 Å². The Kier molecular flexibility index (Phi) is 5.28. The van der Waals surface area contributed by atoms with Gasteiger partial charge in [-0.1, -0.05) is 32.0 Å². The Bertz CT molecular complexity index is 570. The zero-order chi connectivity index (χ0) is 15.2. The molecule has 112 valence electrons. The van der Waals surface area contributed by atoms with E-state index in [4.69, 9.17) is 0 Å². The van der Waals surface area contributed by atoms with E-state index in [0.717, 1.165) is 11.1 Å². The molecule has 0 aliphatic rings. The second-order valence-electron chi connectivity index (χ2n) is 5.50. The minimum Gasteiger partial charge on any atom is -0.368 e. The number of aromatic nitrogens is 1. The van der Waals surface area contributed by atoms with Crippen LogP contribution < -0.4 is 10.2 Å². The molecular weight excluding hydrogens is 265 g/mol. The predicted octanol–water partition coefficient (Wildman–Crippen LogP) is 3.36. The van der Waals surface area contributed by atoms with Gasteiger partial charge in [-0.05, 0) is 23.3 Å². The number of anilines is 1. The SMILES string of the molecule is CC(C)NCc1cccc(F)c1N(C)Cc1cccnc1. The van der Waals surface area contributed by atoms with Gasteiger partial charge in [-0.25, -0.2) is 4.39 Å². The summed E-state index contributed by atoms with van der Waals surface area (Å²) in [5.41, 5.74) is 2.68. The summed E-state index contributed by atoms with van der Waals surface area (Å²) in [6, 6.07) is 9.49. The van der Waals surface area contributed by atoms with Crippen molar-refractivity contribution in [3.8, 4) is 0 Å². The molecule has 0 atom stereocenters. The summed E-state index contributed by atoms with van der Waals surface area (Å²) in [6.07, 6.45) is 3.55. The zero-order valence-corrected chi connectivity index (χ0v) is 12.8. The van der Waals surface area contributed by atoms with Crippen LogP contribution in [-0.4, -0.2) is 18.1 Å². The second kappa shape index (κ2) is 7.18. The van der Waals surface area contributed by atoms with E-state index >= 15 is 0 Å². The third-order valence-corrected chi connectivity index (χ3v) is 3.30. The molecule has 0 saturated carbocycles. The summed E-state index contributed by atoms with van der Waals surface area (Å²) in [5, 5.41) is 3.34. The number of nitrogens with one attached hydrogen (secondary N) is 1. The number of hydrogen-bond donors (Lipinski definition) is 1. The average molecular weight is 287 g/mol. The summed E-state index contributed by atoms with van der Waals surface area (Å²) in [5.74, 6) is -0.190. The quantitative estimate of drug-likeness (QED) is 0.883. The van der Waals surface area contributed by atoms with Crippen LogP contribution in [-0.2, 0) is 13.1 Å². The molecule has 0 bridgehead atoms. The van der Waals surface area contributed by atoms with Crippen LogP contribution in [0, 0.1) is 5.82 Å². The first-order valence-corrected chi connectivity index (χ1v) is 7.18. The van der Waals surface area contributed by atoms with Crippen molar-refractivity contribution in [3.63, 3.8) is 0 Å². The molecule has 0 spiro atoms. The molecule has 0 fully saturated rings. The van der Waals surface area contributed by atoms with E-state index in [9.17, 15) is 4.39 Å². The number of rotatable bonds is 6. The van der Waals surface area contributed by atoms with Gasteiger partial charge >= 0.3 is 0 Å². The number of pyridine rings is 1. The molecule has 21 heavy (non-hydrogen) atoms.